The van der Waals surface area contributed by atoms with Crippen LogP contribution in [0.1, 0.15) is 30.7 Å². The van der Waals surface area contributed by atoms with Gasteiger partial charge in [0.2, 0.25) is 10.0 Å². The number of carbonyl (C=O) groups is 1. The molecule has 0 unspecified atom stereocenters. The number of hydrogen-bond donors (Lipinski definition) is 2. The summed E-state index contributed by atoms with van der Waals surface area (Å²) in [7, 11) is -2.41. The molecule has 0 bridgehead atoms. The maximum absolute atomic E-state index is 13.5. The Morgan fingerprint density at radius 1 is 1.11 bits per heavy atom. The number of amides is 1. The van der Waals surface area contributed by atoms with Gasteiger partial charge in [0.25, 0.3) is 0 Å². The number of thiazole rings is 1. The van der Waals surface area contributed by atoms with E-state index in [2.05, 4.69) is 10.3 Å². The highest BCUT2D eigenvalue weighted by atomic mass is 32.2. The van der Waals surface area contributed by atoms with Crippen molar-refractivity contribution in [2.45, 2.75) is 50.3 Å². The number of nitrogens with one attached hydrogen (secondary N) is 1. The van der Waals surface area contributed by atoms with Gasteiger partial charge < -0.3 is 19.9 Å². The normalized spacial score (nSPS) is 13.3. The second-order valence-electron chi connectivity index (χ2n) is 9.28. The first-order valence-corrected chi connectivity index (χ1v) is 14.7. The zero-order valence-corrected chi connectivity index (χ0v) is 23.5. The molecular formula is C27H35N3O6S2. The van der Waals surface area contributed by atoms with Crippen molar-refractivity contribution in [3.63, 3.8) is 0 Å². The van der Waals surface area contributed by atoms with Crippen LogP contribution in [0.4, 0.5) is 4.79 Å². The van der Waals surface area contributed by atoms with E-state index in [0.717, 1.165) is 10.4 Å². The van der Waals surface area contributed by atoms with E-state index in [4.69, 9.17) is 9.47 Å². The molecule has 3 aromatic rings. The van der Waals surface area contributed by atoms with Gasteiger partial charge in [-0.15, -0.1) is 11.3 Å². The molecule has 0 aliphatic rings. The van der Waals surface area contributed by atoms with Gasteiger partial charge in [0, 0.05) is 19.3 Å². The second kappa shape index (κ2) is 14.2. The van der Waals surface area contributed by atoms with Gasteiger partial charge in [0.15, 0.2) is 0 Å². The highest BCUT2D eigenvalue weighted by Crippen LogP contribution is 2.22. The average molecular weight is 562 g/mol. The largest absolute Gasteiger partial charge is 0.497 e. The van der Waals surface area contributed by atoms with Gasteiger partial charge in [-0.3, -0.25) is 4.98 Å². The molecule has 1 aromatic heterocycles. The number of nitrogens with zero attached hydrogens (tertiary/aromatic N) is 2. The molecule has 38 heavy (non-hydrogen) atoms. The lowest BCUT2D eigenvalue weighted by Crippen LogP contribution is -2.50. The summed E-state index contributed by atoms with van der Waals surface area (Å²) in [5.41, 5.74) is 2.68. The summed E-state index contributed by atoms with van der Waals surface area (Å²) in [6.07, 6.45) is 0.713. The van der Waals surface area contributed by atoms with Gasteiger partial charge in [-0.2, -0.15) is 4.31 Å². The highest BCUT2D eigenvalue weighted by Gasteiger charge is 2.31. The maximum Gasteiger partial charge on any atom is 0.407 e. The van der Waals surface area contributed by atoms with Crippen LogP contribution in [0.5, 0.6) is 5.75 Å². The van der Waals surface area contributed by atoms with Crippen LogP contribution in [0.3, 0.4) is 0 Å². The van der Waals surface area contributed by atoms with Crippen LogP contribution in [0.2, 0.25) is 0 Å². The van der Waals surface area contributed by atoms with Gasteiger partial charge >= 0.3 is 6.09 Å². The summed E-state index contributed by atoms with van der Waals surface area (Å²) in [5.74, 6) is 0.553. The number of ether oxygens (including phenoxy) is 2. The van der Waals surface area contributed by atoms with Crippen LogP contribution in [0, 0.1) is 5.92 Å². The summed E-state index contributed by atoms with van der Waals surface area (Å²) < 4.78 is 38.8. The van der Waals surface area contributed by atoms with Crippen LogP contribution in [-0.2, 0) is 27.8 Å². The monoisotopic (exact) mass is 561 g/mol. The Hall–Kier alpha value is -2.99. The highest BCUT2D eigenvalue weighted by molar-refractivity contribution is 7.89. The predicted octanol–water partition coefficient (Wildman–Crippen LogP) is 4.09. The third kappa shape index (κ3) is 8.80. The fourth-order valence-electron chi connectivity index (χ4n) is 3.88. The summed E-state index contributed by atoms with van der Waals surface area (Å²) in [5, 5.41) is 14.0. The Labute approximate surface area is 228 Å². The standard InChI is InChI=1S/C27H35N3O6S2/c1-20(2)16-30(38(33,34)24-12-10-22(35-3)11-13-24)17-26(31)25(14-9-21-7-5-4-6-8-21)29-27(32)36-18-23-15-28-19-37-23/h4-8,10-13,15,19-20,25-26,31H,9,14,16-18H2,1-3H3,(H,29,32)/t25-,26+/m0/s1. The molecule has 11 heteroatoms. The molecule has 3 rings (SSSR count). The van der Waals surface area contributed by atoms with Crippen LogP contribution < -0.4 is 10.1 Å². The zero-order valence-electron chi connectivity index (χ0n) is 21.8. The molecule has 2 atom stereocenters. The van der Waals surface area contributed by atoms with E-state index in [1.807, 2.05) is 44.2 Å². The van der Waals surface area contributed by atoms with E-state index in [1.54, 1.807) is 23.8 Å². The number of benzene rings is 2. The number of aliphatic hydroxyl groups excluding tert-OH is 1. The summed E-state index contributed by atoms with van der Waals surface area (Å²) in [6.45, 7) is 3.88. The van der Waals surface area contributed by atoms with Crippen LogP contribution in [-0.4, -0.2) is 61.3 Å². The molecule has 0 aliphatic carbocycles. The first kappa shape index (κ1) is 29.6. The molecule has 2 N–H and O–H groups in total. The van der Waals surface area contributed by atoms with Crippen molar-refractivity contribution < 1.29 is 27.8 Å². The fourth-order valence-corrected chi connectivity index (χ4v) is 6.01. The number of alkyl carbamates (subject to hydrolysis) is 1. The molecule has 2 aromatic carbocycles. The lowest BCUT2D eigenvalue weighted by Gasteiger charge is -2.30. The van der Waals surface area contributed by atoms with E-state index in [1.165, 1.54) is 34.9 Å². The zero-order chi connectivity index (χ0) is 27.5. The number of aliphatic hydroxyl groups is 1. The molecule has 206 valence electrons. The maximum atomic E-state index is 13.5. The van der Waals surface area contributed by atoms with E-state index >= 15 is 0 Å². The van der Waals surface area contributed by atoms with Crippen molar-refractivity contribution in [2.75, 3.05) is 20.2 Å². The van der Waals surface area contributed by atoms with Crippen LogP contribution in [0.15, 0.2) is 71.2 Å². The van der Waals surface area contributed by atoms with E-state index < -0.39 is 28.3 Å². The van der Waals surface area contributed by atoms with Crippen molar-refractivity contribution in [1.82, 2.24) is 14.6 Å². The van der Waals surface area contributed by atoms with E-state index in [-0.39, 0.29) is 30.5 Å². The Morgan fingerprint density at radius 2 is 1.82 bits per heavy atom. The van der Waals surface area contributed by atoms with Crippen LogP contribution >= 0.6 is 11.3 Å². The van der Waals surface area contributed by atoms with Crippen molar-refractivity contribution in [1.29, 1.82) is 0 Å². The molecule has 0 saturated carbocycles. The van der Waals surface area contributed by atoms with Gasteiger partial charge in [0.1, 0.15) is 12.4 Å². The molecule has 1 heterocycles. The number of rotatable bonds is 14. The third-order valence-corrected chi connectivity index (χ3v) is 8.44. The minimum Gasteiger partial charge on any atom is -0.497 e. The van der Waals surface area contributed by atoms with E-state index in [9.17, 15) is 18.3 Å². The first-order chi connectivity index (χ1) is 18.2. The molecule has 0 saturated heterocycles. The quantitative estimate of drug-likeness (QED) is 0.304. The second-order valence-corrected chi connectivity index (χ2v) is 12.2. The Morgan fingerprint density at radius 3 is 2.42 bits per heavy atom. The lowest BCUT2D eigenvalue weighted by atomic mass is 10.0. The SMILES string of the molecule is COc1ccc(S(=O)(=O)N(CC(C)C)C[C@@H](O)[C@H](CCc2ccccc2)NC(=O)OCc2cncs2)cc1. The van der Waals surface area contributed by atoms with Crippen molar-refractivity contribution in [2.24, 2.45) is 5.92 Å². The average Bonchev–Trinajstić information content (AvgIpc) is 3.43. The Balaban J connectivity index is 1.76. The number of sulfonamides is 1. The van der Waals surface area contributed by atoms with Gasteiger partial charge in [0.05, 0.1) is 34.5 Å². The number of aromatic nitrogens is 1. The third-order valence-electron chi connectivity index (χ3n) is 5.84. The number of aryl methyl sites for hydroxylation is 1. The summed E-state index contributed by atoms with van der Waals surface area (Å²) in [6, 6.07) is 15.1. The summed E-state index contributed by atoms with van der Waals surface area (Å²) in [4.78, 5) is 17.5. The topological polar surface area (TPSA) is 118 Å². The fraction of sp³-hybridized carbons (Fsp3) is 0.407. The molecule has 1 amide bonds. The van der Waals surface area contributed by atoms with Crippen molar-refractivity contribution in [3.05, 3.63) is 76.7 Å². The van der Waals surface area contributed by atoms with Crippen LogP contribution in [0.25, 0.3) is 0 Å². The minimum atomic E-state index is -3.92. The van der Waals surface area contributed by atoms with E-state index in [0.29, 0.717) is 18.6 Å². The van der Waals surface area contributed by atoms with Crippen molar-refractivity contribution >= 4 is 27.5 Å². The molecule has 9 nitrogen and oxygen atoms in total. The van der Waals surface area contributed by atoms with Crippen molar-refractivity contribution in [3.8, 4) is 5.75 Å². The van der Waals surface area contributed by atoms with Gasteiger partial charge in [-0.1, -0.05) is 44.2 Å². The molecular weight excluding hydrogens is 526 g/mol. The Kier molecular flexibility index (Phi) is 11.1. The summed E-state index contributed by atoms with van der Waals surface area (Å²) >= 11 is 1.37. The van der Waals surface area contributed by atoms with Gasteiger partial charge in [-0.25, -0.2) is 13.2 Å². The minimum absolute atomic E-state index is 0.00956. The molecule has 0 spiro atoms. The number of carbonyl (C=O) groups excluding carboxylic acids is 1. The molecule has 0 fully saturated rings. The smallest absolute Gasteiger partial charge is 0.407 e. The number of methoxy groups -OCH3 is 1. The molecule has 0 aliphatic heterocycles. The number of hydrogen-bond acceptors (Lipinski definition) is 8. The Bertz CT molecular complexity index is 1220. The first-order valence-electron chi connectivity index (χ1n) is 12.4. The van der Waals surface area contributed by atoms with Gasteiger partial charge in [-0.05, 0) is 48.6 Å². The predicted molar refractivity (Wildman–Crippen MR) is 147 cm³/mol. The lowest BCUT2D eigenvalue weighted by molar-refractivity contribution is 0.0849. The molecule has 0 radical (unpaired) electrons.